The average Bonchev–Trinajstić information content (AvgIpc) is 3.21. The summed E-state index contributed by atoms with van der Waals surface area (Å²) in [7, 11) is 0. The normalized spacial score (nSPS) is 25.2. The van der Waals surface area contributed by atoms with Crippen LogP contribution in [-0.4, -0.2) is 52.0 Å². The molecule has 0 heterocycles. The van der Waals surface area contributed by atoms with Crippen LogP contribution in [0.1, 0.15) is 28.8 Å². The maximum atomic E-state index is 12.0. The van der Waals surface area contributed by atoms with Crippen LogP contribution in [0.25, 0.3) is 0 Å². The molecule has 1 aromatic carbocycles. The molecule has 2 aliphatic rings. The predicted molar refractivity (Wildman–Crippen MR) is 85.0 cm³/mol. The molecule has 27 heavy (non-hydrogen) atoms. The number of carboxylic acids is 2. The van der Waals surface area contributed by atoms with Crippen LogP contribution < -0.4 is 5.32 Å². The largest absolute Gasteiger partial charge is 0.490 e. The van der Waals surface area contributed by atoms with Crippen molar-refractivity contribution in [3.63, 3.8) is 0 Å². The van der Waals surface area contributed by atoms with E-state index in [1.54, 1.807) is 24.3 Å². The molecule has 148 valence electrons. The van der Waals surface area contributed by atoms with E-state index in [0.717, 1.165) is 12.0 Å². The van der Waals surface area contributed by atoms with Gasteiger partial charge in [-0.25, -0.2) is 9.59 Å². The second-order valence-electron chi connectivity index (χ2n) is 6.55. The lowest BCUT2D eigenvalue weighted by molar-refractivity contribution is -0.192. The molecule has 3 atom stereocenters. The molecule has 0 unspecified atom stereocenters. The van der Waals surface area contributed by atoms with Gasteiger partial charge in [0, 0.05) is 12.5 Å². The smallest absolute Gasteiger partial charge is 0.478 e. The molecule has 0 aliphatic heterocycles. The lowest BCUT2D eigenvalue weighted by atomic mass is 9.81. The minimum absolute atomic E-state index is 0.0509. The van der Waals surface area contributed by atoms with Crippen molar-refractivity contribution in [3.8, 4) is 0 Å². The van der Waals surface area contributed by atoms with E-state index in [1.807, 2.05) is 0 Å². The number of halogens is 3. The molecule has 7 nitrogen and oxygen atoms in total. The van der Waals surface area contributed by atoms with Crippen LogP contribution in [0.3, 0.4) is 0 Å². The van der Waals surface area contributed by atoms with Gasteiger partial charge >= 0.3 is 18.1 Å². The number of alkyl halides is 3. The van der Waals surface area contributed by atoms with Crippen LogP contribution in [0.2, 0.25) is 0 Å². The number of aliphatic hydroxyl groups excluding tert-OH is 1. The molecular weight excluding hydrogens is 371 g/mol. The number of nitrogens with one attached hydrogen (secondary N) is 1. The summed E-state index contributed by atoms with van der Waals surface area (Å²) in [6.07, 6.45) is -3.29. The highest BCUT2D eigenvalue weighted by molar-refractivity contribution is 5.88. The Labute approximate surface area is 151 Å². The van der Waals surface area contributed by atoms with Gasteiger partial charge in [0.2, 0.25) is 5.91 Å². The average molecular weight is 389 g/mol. The molecule has 2 saturated carbocycles. The number of aliphatic hydroxyl groups is 1. The summed E-state index contributed by atoms with van der Waals surface area (Å²) < 4.78 is 31.7. The number of aromatic carboxylic acids is 1. The highest BCUT2D eigenvalue weighted by Crippen LogP contribution is 2.67. The monoisotopic (exact) mass is 389 g/mol. The minimum Gasteiger partial charge on any atom is -0.478 e. The molecular formula is C17H18F3NO6. The van der Waals surface area contributed by atoms with Gasteiger partial charge in [0.1, 0.15) is 0 Å². The van der Waals surface area contributed by atoms with Crippen molar-refractivity contribution < 1.29 is 42.9 Å². The molecule has 1 aromatic rings. The van der Waals surface area contributed by atoms with Gasteiger partial charge in [-0.15, -0.1) is 0 Å². The molecule has 1 amide bonds. The third kappa shape index (κ3) is 4.76. The van der Waals surface area contributed by atoms with E-state index in [1.165, 1.54) is 0 Å². The zero-order valence-electron chi connectivity index (χ0n) is 14.0. The lowest BCUT2D eigenvalue weighted by Crippen LogP contribution is -2.43. The summed E-state index contributed by atoms with van der Waals surface area (Å²) in [4.78, 5) is 31.6. The van der Waals surface area contributed by atoms with Gasteiger partial charge in [-0.05, 0) is 37.0 Å². The van der Waals surface area contributed by atoms with Crippen LogP contribution in [0.5, 0.6) is 0 Å². The predicted octanol–water partition coefficient (Wildman–Crippen LogP) is 1.45. The highest BCUT2D eigenvalue weighted by atomic mass is 19.4. The zero-order valence-corrected chi connectivity index (χ0v) is 14.0. The molecule has 10 heteroatoms. The standard InChI is InChI=1S/C15H17NO4.C2HF3O2/c17-12-8-15(7-11(12)15)14(20)16-6-5-9-1-3-10(4-2-9)13(18)19;3-2(4,5)1(6)7/h1-4,11-12,17H,5-8H2,(H,16,20)(H,18,19);(H,6,7)/t11-,12-,15-;/m1./s1. The van der Waals surface area contributed by atoms with E-state index in [2.05, 4.69) is 5.32 Å². The first-order valence-corrected chi connectivity index (χ1v) is 8.06. The molecule has 0 saturated heterocycles. The fourth-order valence-corrected chi connectivity index (χ4v) is 3.09. The molecule has 0 radical (unpaired) electrons. The van der Waals surface area contributed by atoms with Crippen LogP contribution in [0.15, 0.2) is 24.3 Å². The van der Waals surface area contributed by atoms with Crippen molar-refractivity contribution >= 4 is 17.8 Å². The molecule has 0 spiro atoms. The molecule has 3 rings (SSSR count). The number of carbonyl (C=O) groups is 3. The Bertz CT molecular complexity index is 733. The minimum atomic E-state index is -5.08. The molecule has 2 aliphatic carbocycles. The fourth-order valence-electron chi connectivity index (χ4n) is 3.09. The molecule has 0 aromatic heterocycles. The van der Waals surface area contributed by atoms with Gasteiger partial charge in [-0.1, -0.05) is 12.1 Å². The first kappa shape index (κ1) is 20.7. The SMILES string of the molecule is O=C(O)C(F)(F)F.O=C(O)c1ccc(CCNC(=O)[C@]23C[C@@H](O)[C@H]2C3)cc1. The topological polar surface area (TPSA) is 124 Å². The van der Waals surface area contributed by atoms with Crippen molar-refractivity contribution in [2.75, 3.05) is 6.54 Å². The third-order valence-electron chi connectivity index (χ3n) is 4.77. The van der Waals surface area contributed by atoms with E-state index in [9.17, 15) is 27.9 Å². The zero-order chi connectivity index (χ0) is 20.4. The van der Waals surface area contributed by atoms with Gasteiger partial charge < -0.3 is 20.6 Å². The van der Waals surface area contributed by atoms with Crippen molar-refractivity contribution in [2.45, 2.75) is 31.5 Å². The van der Waals surface area contributed by atoms with Crippen molar-refractivity contribution in [1.82, 2.24) is 5.32 Å². The van der Waals surface area contributed by atoms with Gasteiger partial charge in [0.25, 0.3) is 0 Å². The van der Waals surface area contributed by atoms with Crippen LogP contribution in [-0.2, 0) is 16.0 Å². The van der Waals surface area contributed by atoms with Crippen LogP contribution in [0, 0.1) is 11.3 Å². The summed E-state index contributed by atoms with van der Waals surface area (Å²) >= 11 is 0. The van der Waals surface area contributed by atoms with Gasteiger partial charge in [0.05, 0.1) is 17.1 Å². The fraction of sp³-hybridized carbons (Fsp3) is 0.471. The quantitative estimate of drug-likeness (QED) is 0.604. The molecule has 2 fully saturated rings. The number of amides is 1. The van der Waals surface area contributed by atoms with E-state index >= 15 is 0 Å². The number of hydrogen-bond acceptors (Lipinski definition) is 4. The Balaban J connectivity index is 0.000000321. The van der Waals surface area contributed by atoms with Gasteiger partial charge in [-0.3, -0.25) is 4.79 Å². The summed E-state index contributed by atoms with van der Waals surface area (Å²) in [6, 6.07) is 6.66. The van der Waals surface area contributed by atoms with Crippen molar-refractivity contribution in [1.29, 1.82) is 0 Å². The number of benzene rings is 1. The Morgan fingerprint density at radius 3 is 2.04 bits per heavy atom. The summed E-state index contributed by atoms with van der Waals surface area (Å²) in [5, 5.41) is 28.2. The maximum Gasteiger partial charge on any atom is 0.490 e. The number of aliphatic carboxylic acids is 1. The second kappa shape index (κ2) is 7.55. The number of carboxylic acid groups (broad SMARTS) is 2. The first-order chi connectivity index (χ1) is 12.5. The van der Waals surface area contributed by atoms with E-state index in [-0.39, 0.29) is 28.9 Å². The van der Waals surface area contributed by atoms with Crippen LogP contribution >= 0.6 is 0 Å². The molecule has 4 N–H and O–H groups in total. The van der Waals surface area contributed by atoms with E-state index in [0.29, 0.717) is 19.4 Å². The van der Waals surface area contributed by atoms with Crippen LogP contribution in [0.4, 0.5) is 13.2 Å². The number of rotatable bonds is 5. The Morgan fingerprint density at radius 2 is 1.67 bits per heavy atom. The van der Waals surface area contributed by atoms with E-state index < -0.39 is 18.1 Å². The Morgan fingerprint density at radius 1 is 1.11 bits per heavy atom. The third-order valence-corrected chi connectivity index (χ3v) is 4.77. The Kier molecular flexibility index (Phi) is 5.79. The maximum absolute atomic E-state index is 12.0. The molecule has 0 bridgehead atoms. The number of carbonyl (C=O) groups excluding carboxylic acids is 1. The van der Waals surface area contributed by atoms with Gasteiger partial charge in [-0.2, -0.15) is 13.2 Å². The summed E-state index contributed by atoms with van der Waals surface area (Å²) in [6.45, 7) is 0.538. The second-order valence-corrected chi connectivity index (χ2v) is 6.55. The van der Waals surface area contributed by atoms with Crippen molar-refractivity contribution in [3.05, 3.63) is 35.4 Å². The van der Waals surface area contributed by atoms with E-state index in [4.69, 9.17) is 15.0 Å². The number of fused-ring (bicyclic) bond motifs is 1. The summed E-state index contributed by atoms with van der Waals surface area (Å²) in [5.74, 6) is -3.47. The van der Waals surface area contributed by atoms with Crippen molar-refractivity contribution in [2.24, 2.45) is 11.3 Å². The first-order valence-electron chi connectivity index (χ1n) is 8.06. The number of hydrogen-bond donors (Lipinski definition) is 4. The van der Waals surface area contributed by atoms with Gasteiger partial charge in [0.15, 0.2) is 0 Å². The highest BCUT2D eigenvalue weighted by Gasteiger charge is 2.71. The summed E-state index contributed by atoms with van der Waals surface area (Å²) in [5.41, 5.74) is 0.988. The lowest BCUT2D eigenvalue weighted by Gasteiger charge is -2.29. The Hall–Kier alpha value is -2.62.